The molecule has 0 fully saturated rings. The molecule has 0 aliphatic heterocycles. The molecule has 2 heterocycles. The lowest BCUT2D eigenvalue weighted by atomic mass is 10.2. The van der Waals surface area contributed by atoms with Crippen LogP contribution in [0, 0.1) is 0 Å². The molecule has 2 aromatic heterocycles. The molecule has 0 unspecified atom stereocenters. The van der Waals surface area contributed by atoms with Crippen molar-refractivity contribution in [3.05, 3.63) is 48.5 Å². The van der Waals surface area contributed by atoms with Crippen molar-refractivity contribution in [2.75, 3.05) is 0 Å². The number of hydrogen-bond acceptors (Lipinski definition) is 5. The molecule has 2 aromatic carbocycles. The van der Waals surface area contributed by atoms with Gasteiger partial charge in [0, 0.05) is 0 Å². The molecule has 0 saturated carbocycles. The molecule has 0 aliphatic rings. The van der Waals surface area contributed by atoms with Crippen LogP contribution < -0.4 is 9.31 Å². The first kappa shape index (κ1) is 12.7. The van der Waals surface area contributed by atoms with Crippen LogP contribution in [-0.2, 0) is 0 Å². The van der Waals surface area contributed by atoms with Crippen molar-refractivity contribution in [1.29, 1.82) is 0 Å². The van der Waals surface area contributed by atoms with Gasteiger partial charge in [-0.25, -0.2) is 0 Å². The topological polar surface area (TPSA) is 96.1 Å². The summed E-state index contributed by atoms with van der Waals surface area (Å²) < 4.78 is 10.7. The first-order chi connectivity index (χ1) is 10.8. The van der Waals surface area contributed by atoms with Gasteiger partial charge in [-0.3, -0.25) is 10.2 Å². The summed E-state index contributed by atoms with van der Waals surface area (Å²) in [5, 5.41) is 25.1. The molecule has 108 valence electrons. The predicted octanol–water partition coefficient (Wildman–Crippen LogP) is 1.87. The second kappa shape index (κ2) is 5.08. The van der Waals surface area contributed by atoms with Crippen LogP contribution in [0.3, 0.4) is 0 Å². The van der Waals surface area contributed by atoms with Gasteiger partial charge in [0.25, 0.3) is 0 Å². The van der Waals surface area contributed by atoms with Gasteiger partial charge >= 0.3 is 7.32 Å². The van der Waals surface area contributed by atoms with Crippen LogP contribution in [0.15, 0.2) is 48.5 Å². The monoisotopic (exact) mass is 294 g/mol. The van der Waals surface area contributed by atoms with Gasteiger partial charge in [-0.15, -0.1) is 10.2 Å². The average Bonchev–Trinajstić information content (AvgIpc) is 3.13. The first-order valence-corrected chi connectivity index (χ1v) is 6.69. The normalized spacial score (nSPS) is 11.0. The zero-order valence-corrected chi connectivity index (χ0v) is 11.4. The second-order valence-electron chi connectivity index (χ2n) is 4.69. The number of fused-ring (bicyclic) bond motifs is 2. The van der Waals surface area contributed by atoms with E-state index in [-0.39, 0.29) is 11.8 Å². The maximum absolute atomic E-state index is 9.96. The molecular formula is C14H11BN4O3. The summed E-state index contributed by atoms with van der Waals surface area (Å²) in [6.07, 6.45) is 0. The Labute approximate surface area is 125 Å². The van der Waals surface area contributed by atoms with Crippen molar-refractivity contribution < 1.29 is 14.3 Å². The summed E-state index contributed by atoms with van der Waals surface area (Å²) in [5.74, 6) is 0.533. The summed E-state index contributed by atoms with van der Waals surface area (Å²) in [4.78, 5) is 0. The van der Waals surface area contributed by atoms with Crippen LogP contribution in [0.4, 0.5) is 0 Å². The minimum Gasteiger partial charge on any atom is -0.485 e. The Morgan fingerprint density at radius 3 is 1.73 bits per heavy atom. The molecule has 7 nitrogen and oxygen atoms in total. The minimum atomic E-state index is -1.52. The van der Waals surface area contributed by atoms with Gasteiger partial charge in [0.05, 0.1) is 21.8 Å². The van der Waals surface area contributed by atoms with Crippen molar-refractivity contribution in [2.24, 2.45) is 0 Å². The van der Waals surface area contributed by atoms with E-state index in [1.54, 1.807) is 0 Å². The summed E-state index contributed by atoms with van der Waals surface area (Å²) in [6, 6.07) is 14.9. The van der Waals surface area contributed by atoms with Gasteiger partial charge < -0.3 is 14.3 Å². The number of aromatic amines is 2. The van der Waals surface area contributed by atoms with Gasteiger partial charge in [0.1, 0.15) is 0 Å². The molecule has 4 aromatic rings. The molecule has 0 amide bonds. The lowest BCUT2D eigenvalue weighted by Gasteiger charge is -2.07. The summed E-state index contributed by atoms with van der Waals surface area (Å²) in [7, 11) is -1.52. The van der Waals surface area contributed by atoms with Crippen molar-refractivity contribution in [2.45, 2.75) is 0 Å². The minimum absolute atomic E-state index is 0.267. The Morgan fingerprint density at radius 1 is 0.773 bits per heavy atom. The number of H-pyrrole nitrogens is 2. The standard InChI is InChI=1S/C14H11BN4O3/c20-15(21-13-9-5-1-3-7-11(9)16-18-13)22-14-10-6-2-4-8-12(10)17-19-14/h1-8,20H,(H,16,18)(H,17,19). The molecule has 0 saturated heterocycles. The highest BCUT2D eigenvalue weighted by Gasteiger charge is 2.25. The molecular weight excluding hydrogens is 283 g/mol. The number of benzene rings is 2. The molecule has 0 spiro atoms. The number of para-hydroxylation sites is 2. The third-order valence-electron chi connectivity index (χ3n) is 3.30. The Morgan fingerprint density at radius 2 is 1.23 bits per heavy atom. The Balaban J connectivity index is 1.56. The van der Waals surface area contributed by atoms with Gasteiger partial charge in [-0.1, -0.05) is 24.3 Å². The van der Waals surface area contributed by atoms with E-state index < -0.39 is 7.32 Å². The third kappa shape index (κ3) is 2.15. The lowest BCUT2D eigenvalue weighted by molar-refractivity contribution is 0.290. The summed E-state index contributed by atoms with van der Waals surface area (Å²) >= 11 is 0. The van der Waals surface area contributed by atoms with Crippen LogP contribution in [-0.4, -0.2) is 32.7 Å². The molecule has 4 rings (SSSR count). The van der Waals surface area contributed by atoms with Crippen molar-refractivity contribution in [1.82, 2.24) is 20.4 Å². The zero-order valence-electron chi connectivity index (χ0n) is 11.4. The number of rotatable bonds is 4. The highest BCUT2D eigenvalue weighted by atomic mass is 16.7. The van der Waals surface area contributed by atoms with Crippen LogP contribution >= 0.6 is 0 Å². The first-order valence-electron chi connectivity index (χ1n) is 6.69. The van der Waals surface area contributed by atoms with Crippen molar-refractivity contribution in [3.63, 3.8) is 0 Å². The van der Waals surface area contributed by atoms with E-state index in [2.05, 4.69) is 20.4 Å². The van der Waals surface area contributed by atoms with E-state index in [0.29, 0.717) is 0 Å². The van der Waals surface area contributed by atoms with Crippen LogP contribution in [0.5, 0.6) is 11.8 Å². The predicted molar refractivity (Wildman–Crippen MR) is 81.4 cm³/mol. The third-order valence-corrected chi connectivity index (χ3v) is 3.30. The van der Waals surface area contributed by atoms with Crippen molar-refractivity contribution in [3.8, 4) is 11.8 Å². The molecule has 3 N–H and O–H groups in total. The number of aromatic nitrogens is 4. The maximum atomic E-state index is 9.96. The Bertz CT molecular complexity index is 860. The fourth-order valence-corrected chi connectivity index (χ4v) is 2.27. The summed E-state index contributed by atoms with van der Waals surface area (Å²) in [5.41, 5.74) is 1.63. The Kier molecular flexibility index (Phi) is 2.94. The molecule has 0 bridgehead atoms. The van der Waals surface area contributed by atoms with Crippen LogP contribution in [0.2, 0.25) is 0 Å². The highest BCUT2D eigenvalue weighted by molar-refractivity contribution is 6.37. The van der Waals surface area contributed by atoms with Gasteiger partial charge in [0.15, 0.2) is 0 Å². The van der Waals surface area contributed by atoms with E-state index in [1.807, 2.05) is 48.5 Å². The van der Waals surface area contributed by atoms with Crippen molar-refractivity contribution >= 4 is 29.1 Å². The lowest BCUT2D eigenvalue weighted by Crippen LogP contribution is -2.30. The quantitative estimate of drug-likeness (QED) is 0.499. The molecule has 0 aliphatic carbocycles. The van der Waals surface area contributed by atoms with Gasteiger partial charge in [0.2, 0.25) is 11.8 Å². The smallest absolute Gasteiger partial charge is 0.485 e. The average molecular weight is 294 g/mol. The molecule has 0 radical (unpaired) electrons. The molecule has 8 heteroatoms. The van der Waals surface area contributed by atoms with Crippen LogP contribution in [0.1, 0.15) is 0 Å². The van der Waals surface area contributed by atoms with E-state index in [9.17, 15) is 5.02 Å². The summed E-state index contributed by atoms with van der Waals surface area (Å²) in [6.45, 7) is 0. The molecule has 22 heavy (non-hydrogen) atoms. The Hall–Kier alpha value is -3.00. The zero-order chi connectivity index (χ0) is 14.9. The van der Waals surface area contributed by atoms with E-state index in [4.69, 9.17) is 9.31 Å². The maximum Gasteiger partial charge on any atom is 0.787 e. The number of hydrogen-bond donors (Lipinski definition) is 3. The van der Waals surface area contributed by atoms with E-state index in [0.717, 1.165) is 21.8 Å². The van der Waals surface area contributed by atoms with E-state index >= 15 is 0 Å². The number of nitrogens with zero attached hydrogens (tertiary/aromatic N) is 2. The molecule has 0 atom stereocenters. The fourth-order valence-electron chi connectivity index (χ4n) is 2.27. The van der Waals surface area contributed by atoms with Gasteiger partial charge in [-0.05, 0) is 24.3 Å². The SMILES string of the molecule is OB(Oc1n[nH]c2ccccc12)Oc1n[nH]c2ccccc12. The van der Waals surface area contributed by atoms with Gasteiger partial charge in [-0.2, -0.15) is 0 Å². The van der Waals surface area contributed by atoms with Crippen LogP contribution in [0.25, 0.3) is 21.8 Å². The second-order valence-corrected chi connectivity index (χ2v) is 4.69. The largest absolute Gasteiger partial charge is 0.787 e. The fraction of sp³-hybridized carbons (Fsp3) is 0. The van der Waals surface area contributed by atoms with E-state index in [1.165, 1.54) is 0 Å². The highest BCUT2D eigenvalue weighted by Crippen LogP contribution is 2.24. The number of nitrogens with one attached hydrogen (secondary N) is 2.